The van der Waals surface area contributed by atoms with Crippen molar-refractivity contribution < 1.29 is 9.53 Å². The topological polar surface area (TPSA) is 55.6 Å². The molecule has 0 aliphatic rings. The number of nitrogens with zero attached hydrogens (tertiary/aromatic N) is 1. The number of ether oxygens (including phenoxy) is 1. The van der Waals surface area contributed by atoms with E-state index in [0.717, 1.165) is 16.3 Å². The Morgan fingerprint density at radius 3 is 2.43 bits per heavy atom. The molecule has 0 aliphatic heterocycles. The van der Waals surface area contributed by atoms with Gasteiger partial charge in [-0.25, -0.2) is 0 Å². The van der Waals surface area contributed by atoms with Crippen molar-refractivity contribution in [2.45, 2.75) is 26.0 Å². The van der Waals surface area contributed by atoms with Crippen molar-refractivity contribution in [3.63, 3.8) is 0 Å². The largest absolute Gasteiger partial charge is 0.480 e. The Hall–Kier alpha value is -2.07. The van der Waals surface area contributed by atoms with Crippen LogP contribution in [0.1, 0.15) is 25.5 Å². The van der Waals surface area contributed by atoms with Crippen molar-refractivity contribution in [2.75, 3.05) is 14.1 Å². The van der Waals surface area contributed by atoms with Gasteiger partial charge in [-0.3, -0.25) is 4.79 Å². The summed E-state index contributed by atoms with van der Waals surface area (Å²) in [6.45, 7) is 3.67. The SMILES string of the molecule is CC(Oc1c([C@@H](C)N)ccc2ccccc12)C(=O)N(C)C. The highest BCUT2D eigenvalue weighted by molar-refractivity contribution is 5.90. The highest BCUT2D eigenvalue weighted by Crippen LogP contribution is 2.33. The van der Waals surface area contributed by atoms with Crippen molar-refractivity contribution >= 4 is 16.7 Å². The molecule has 4 heteroatoms. The summed E-state index contributed by atoms with van der Waals surface area (Å²) in [5.41, 5.74) is 6.95. The molecule has 2 aromatic rings. The van der Waals surface area contributed by atoms with Crippen LogP contribution in [0.15, 0.2) is 36.4 Å². The van der Waals surface area contributed by atoms with Crippen LogP contribution in [0.25, 0.3) is 10.8 Å². The van der Waals surface area contributed by atoms with Crippen molar-refractivity contribution in [3.8, 4) is 5.75 Å². The summed E-state index contributed by atoms with van der Waals surface area (Å²) in [6, 6.07) is 11.8. The third-order valence-electron chi connectivity index (χ3n) is 3.48. The number of benzene rings is 2. The third kappa shape index (κ3) is 3.16. The van der Waals surface area contributed by atoms with Gasteiger partial charge >= 0.3 is 0 Å². The number of carbonyl (C=O) groups is 1. The molecule has 1 amide bonds. The predicted octanol–water partition coefficient (Wildman–Crippen LogP) is 2.72. The zero-order chi connectivity index (χ0) is 15.6. The minimum absolute atomic E-state index is 0.0708. The predicted molar refractivity (Wildman–Crippen MR) is 85.3 cm³/mol. The molecule has 2 rings (SSSR count). The molecule has 2 N–H and O–H groups in total. The number of hydrogen-bond donors (Lipinski definition) is 1. The maximum absolute atomic E-state index is 12.0. The van der Waals surface area contributed by atoms with E-state index in [-0.39, 0.29) is 11.9 Å². The normalized spacial score (nSPS) is 13.8. The van der Waals surface area contributed by atoms with Gasteiger partial charge in [-0.05, 0) is 19.2 Å². The summed E-state index contributed by atoms with van der Waals surface area (Å²) >= 11 is 0. The Bertz CT molecular complexity index is 650. The van der Waals surface area contributed by atoms with Crippen LogP contribution in [0, 0.1) is 0 Å². The number of carbonyl (C=O) groups excluding carboxylic acids is 1. The second-order valence-electron chi connectivity index (χ2n) is 5.49. The number of hydrogen-bond acceptors (Lipinski definition) is 3. The van der Waals surface area contributed by atoms with Crippen molar-refractivity contribution in [2.24, 2.45) is 5.73 Å². The summed E-state index contributed by atoms with van der Waals surface area (Å²) in [6.07, 6.45) is -0.552. The van der Waals surface area contributed by atoms with Gasteiger partial charge in [0.05, 0.1) is 0 Å². The lowest BCUT2D eigenvalue weighted by Crippen LogP contribution is -2.35. The Labute approximate surface area is 125 Å². The Morgan fingerprint density at radius 1 is 1.14 bits per heavy atom. The van der Waals surface area contributed by atoms with Gasteiger partial charge in [0.25, 0.3) is 5.91 Å². The molecule has 0 aromatic heterocycles. The first-order valence-corrected chi connectivity index (χ1v) is 7.07. The van der Waals surface area contributed by atoms with Crippen LogP contribution < -0.4 is 10.5 Å². The first kappa shape index (κ1) is 15.3. The standard InChI is InChI=1S/C17H22N2O2/c1-11(18)14-10-9-13-7-5-6-8-15(13)16(14)21-12(2)17(20)19(3)4/h5-12H,18H2,1-4H3/t11-,12?/m1/s1. The molecule has 4 nitrogen and oxygen atoms in total. The van der Waals surface area contributed by atoms with Gasteiger partial charge in [0.15, 0.2) is 6.10 Å². The lowest BCUT2D eigenvalue weighted by molar-refractivity contribution is -0.135. The third-order valence-corrected chi connectivity index (χ3v) is 3.48. The molecule has 0 saturated carbocycles. The molecule has 0 heterocycles. The summed E-state index contributed by atoms with van der Waals surface area (Å²) in [5, 5.41) is 2.05. The molecular formula is C17H22N2O2. The number of likely N-dealkylation sites (N-methyl/N-ethyl adjacent to an activating group) is 1. The van der Waals surface area contributed by atoms with Crippen molar-refractivity contribution in [1.29, 1.82) is 0 Å². The molecule has 0 bridgehead atoms. The van der Waals surface area contributed by atoms with E-state index in [4.69, 9.17) is 10.5 Å². The fourth-order valence-electron chi connectivity index (χ4n) is 2.34. The minimum Gasteiger partial charge on any atom is -0.480 e. The Balaban J connectivity index is 2.49. The van der Waals surface area contributed by atoms with Gasteiger partial charge in [-0.15, -0.1) is 0 Å². The van der Waals surface area contributed by atoms with E-state index < -0.39 is 6.10 Å². The summed E-state index contributed by atoms with van der Waals surface area (Å²) in [5.74, 6) is 0.629. The van der Waals surface area contributed by atoms with Gasteiger partial charge in [0.1, 0.15) is 5.75 Å². The van der Waals surface area contributed by atoms with E-state index >= 15 is 0 Å². The van der Waals surface area contributed by atoms with Crippen LogP contribution >= 0.6 is 0 Å². The van der Waals surface area contributed by atoms with Crippen molar-refractivity contribution in [1.82, 2.24) is 4.90 Å². The van der Waals surface area contributed by atoms with Gasteiger partial charge in [-0.2, -0.15) is 0 Å². The molecule has 0 fully saturated rings. The number of amides is 1. The van der Waals surface area contributed by atoms with Gasteiger partial charge in [-0.1, -0.05) is 36.4 Å². The summed E-state index contributed by atoms with van der Waals surface area (Å²) in [4.78, 5) is 13.6. The van der Waals surface area contributed by atoms with Gasteiger partial charge in [0.2, 0.25) is 0 Å². The molecular weight excluding hydrogens is 264 g/mol. The first-order valence-electron chi connectivity index (χ1n) is 7.07. The zero-order valence-corrected chi connectivity index (χ0v) is 13.0. The quantitative estimate of drug-likeness (QED) is 0.940. The molecule has 1 unspecified atom stereocenters. The number of fused-ring (bicyclic) bond motifs is 1. The zero-order valence-electron chi connectivity index (χ0n) is 13.0. The fraction of sp³-hybridized carbons (Fsp3) is 0.353. The Kier molecular flexibility index (Phi) is 4.48. The van der Waals surface area contributed by atoms with Gasteiger partial charge in [0, 0.05) is 31.1 Å². The molecule has 0 radical (unpaired) electrons. The Morgan fingerprint density at radius 2 is 1.81 bits per heavy atom. The maximum Gasteiger partial charge on any atom is 0.262 e. The average molecular weight is 286 g/mol. The van der Waals surface area contributed by atoms with Crippen LogP contribution in [-0.2, 0) is 4.79 Å². The number of rotatable bonds is 4. The van der Waals surface area contributed by atoms with Crippen LogP contribution in [0.2, 0.25) is 0 Å². The fourth-order valence-corrected chi connectivity index (χ4v) is 2.34. The van der Waals surface area contributed by atoms with Crippen LogP contribution in [0.3, 0.4) is 0 Å². The molecule has 0 saturated heterocycles. The van der Waals surface area contributed by atoms with Crippen molar-refractivity contribution in [3.05, 3.63) is 42.0 Å². The molecule has 2 atom stereocenters. The summed E-state index contributed by atoms with van der Waals surface area (Å²) < 4.78 is 5.97. The molecule has 112 valence electrons. The van der Waals surface area contributed by atoms with E-state index in [0.29, 0.717) is 5.75 Å². The summed E-state index contributed by atoms with van der Waals surface area (Å²) in [7, 11) is 3.44. The lowest BCUT2D eigenvalue weighted by atomic mass is 10.0. The van der Waals surface area contributed by atoms with Gasteiger partial charge < -0.3 is 15.4 Å². The highest BCUT2D eigenvalue weighted by Gasteiger charge is 2.20. The van der Waals surface area contributed by atoms with E-state index in [1.165, 1.54) is 4.90 Å². The van der Waals surface area contributed by atoms with E-state index in [9.17, 15) is 4.79 Å². The van der Waals surface area contributed by atoms with E-state index in [1.54, 1.807) is 21.0 Å². The smallest absolute Gasteiger partial charge is 0.262 e. The van der Waals surface area contributed by atoms with Crippen LogP contribution in [-0.4, -0.2) is 31.0 Å². The second kappa shape index (κ2) is 6.14. The monoisotopic (exact) mass is 286 g/mol. The van der Waals surface area contributed by atoms with Crippen LogP contribution in [0.5, 0.6) is 5.75 Å². The van der Waals surface area contributed by atoms with E-state index in [1.807, 2.05) is 43.3 Å². The van der Waals surface area contributed by atoms with E-state index in [2.05, 4.69) is 0 Å². The number of nitrogens with two attached hydrogens (primary N) is 1. The molecule has 21 heavy (non-hydrogen) atoms. The molecule has 0 aliphatic carbocycles. The maximum atomic E-state index is 12.0. The molecule has 0 spiro atoms. The lowest BCUT2D eigenvalue weighted by Gasteiger charge is -2.22. The molecule has 2 aromatic carbocycles. The average Bonchev–Trinajstić information content (AvgIpc) is 2.46. The van der Waals surface area contributed by atoms with Crippen LogP contribution in [0.4, 0.5) is 0 Å². The highest BCUT2D eigenvalue weighted by atomic mass is 16.5. The minimum atomic E-state index is -0.552. The second-order valence-corrected chi connectivity index (χ2v) is 5.49. The first-order chi connectivity index (χ1) is 9.91.